The van der Waals surface area contributed by atoms with Crippen molar-refractivity contribution in [2.45, 2.75) is 16.4 Å². The highest BCUT2D eigenvalue weighted by molar-refractivity contribution is 7.92. The number of halogens is 1. The topological polar surface area (TPSA) is 46.7 Å². The van der Waals surface area contributed by atoms with E-state index in [1.165, 1.54) is 0 Å². The SMILES string of the molecule is O=S(=O)(c1ccccc1)[C@H]1O[C@H]1c1ccc(Cl)cc1. The standard InChI is InChI=1S/C14H11ClO3S/c15-11-8-6-10(7-9-11)13-14(18-13)19(16,17)12-4-2-1-3-5-12/h1-9,13-14H/t13-,14+/m0/s1. The van der Waals surface area contributed by atoms with Gasteiger partial charge in [0.2, 0.25) is 9.84 Å². The molecule has 0 spiro atoms. The van der Waals surface area contributed by atoms with Gasteiger partial charge in [-0.15, -0.1) is 0 Å². The lowest BCUT2D eigenvalue weighted by molar-refractivity contribution is 0.399. The van der Waals surface area contributed by atoms with Crippen LogP contribution in [0.5, 0.6) is 0 Å². The molecule has 2 aromatic rings. The van der Waals surface area contributed by atoms with Crippen LogP contribution in [0, 0.1) is 0 Å². The molecule has 0 radical (unpaired) electrons. The Kier molecular flexibility index (Phi) is 3.09. The van der Waals surface area contributed by atoms with Crippen LogP contribution in [0.2, 0.25) is 5.02 Å². The minimum absolute atomic E-state index is 0.288. The van der Waals surface area contributed by atoms with E-state index in [0.717, 1.165) is 5.56 Å². The van der Waals surface area contributed by atoms with Crippen molar-refractivity contribution in [2.24, 2.45) is 0 Å². The summed E-state index contributed by atoms with van der Waals surface area (Å²) in [5.41, 5.74) is 0.0324. The number of sulfone groups is 1. The molecule has 1 saturated heterocycles. The van der Waals surface area contributed by atoms with Crippen molar-refractivity contribution in [1.82, 2.24) is 0 Å². The van der Waals surface area contributed by atoms with Crippen LogP contribution in [0.1, 0.15) is 11.7 Å². The van der Waals surface area contributed by atoms with Crippen LogP contribution in [-0.2, 0) is 14.6 Å². The van der Waals surface area contributed by atoms with E-state index in [0.29, 0.717) is 5.02 Å². The maximum absolute atomic E-state index is 12.3. The number of benzene rings is 2. The quantitative estimate of drug-likeness (QED) is 0.817. The molecular formula is C14H11ClO3S. The van der Waals surface area contributed by atoms with E-state index in [9.17, 15) is 8.42 Å². The molecule has 3 nitrogen and oxygen atoms in total. The molecule has 0 amide bonds. The first-order valence-corrected chi connectivity index (χ1v) is 7.71. The molecule has 5 heteroatoms. The van der Waals surface area contributed by atoms with Gasteiger partial charge in [0.25, 0.3) is 0 Å². The highest BCUT2D eigenvalue weighted by Gasteiger charge is 2.50. The Morgan fingerprint density at radius 2 is 1.58 bits per heavy atom. The van der Waals surface area contributed by atoms with Crippen LogP contribution in [0.3, 0.4) is 0 Å². The average Bonchev–Trinajstić information content (AvgIpc) is 3.22. The highest BCUT2D eigenvalue weighted by atomic mass is 35.5. The molecule has 1 heterocycles. The molecule has 1 fully saturated rings. The van der Waals surface area contributed by atoms with Crippen molar-refractivity contribution >= 4 is 21.4 Å². The zero-order valence-electron chi connectivity index (χ0n) is 9.86. The fraction of sp³-hybridized carbons (Fsp3) is 0.143. The lowest BCUT2D eigenvalue weighted by Gasteiger charge is -2.00. The first-order chi connectivity index (χ1) is 9.09. The van der Waals surface area contributed by atoms with Gasteiger partial charge in [-0.3, -0.25) is 0 Å². The summed E-state index contributed by atoms with van der Waals surface area (Å²) in [6.07, 6.45) is -0.400. The fourth-order valence-corrected chi connectivity index (χ4v) is 3.65. The van der Waals surface area contributed by atoms with Gasteiger partial charge in [-0.25, -0.2) is 8.42 Å². The van der Waals surface area contributed by atoms with Crippen LogP contribution in [-0.4, -0.2) is 13.9 Å². The Morgan fingerprint density at radius 3 is 2.21 bits per heavy atom. The maximum atomic E-state index is 12.3. The third kappa shape index (κ3) is 2.39. The van der Waals surface area contributed by atoms with Gasteiger partial charge in [0.15, 0.2) is 5.44 Å². The van der Waals surface area contributed by atoms with Gasteiger partial charge in [0.1, 0.15) is 6.10 Å². The van der Waals surface area contributed by atoms with Crippen molar-refractivity contribution in [1.29, 1.82) is 0 Å². The molecule has 19 heavy (non-hydrogen) atoms. The number of hydrogen-bond donors (Lipinski definition) is 0. The zero-order valence-corrected chi connectivity index (χ0v) is 11.4. The van der Waals surface area contributed by atoms with Crippen molar-refractivity contribution in [3.05, 3.63) is 65.2 Å². The van der Waals surface area contributed by atoms with E-state index < -0.39 is 21.4 Å². The van der Waals surface area contributed by atoms with Crippen molar-refractivity contribution < 1.29 is 13.2 Å². The number of hydrogen-bond acceptors (Lipinski definition) is 3. The summed E-state index contributed by atoms with van der Waals surface area (Å²) in [4.78, 5) is 0.288. The minimum atomic E-state index is -3.43. The molecule has 0 unspecified atom stereocenters. The second-order valence-corrected chi connectivity index (χ2v) is 6.80. The summed E-state index contributed by atoms with van der Waals surface area (Å²) < 4.78 is 29.9. The van der Waals surface area contributed by atoms with E-state index in [2.05, 4.69) is 0 Å². The van der Waals surface area contributed by atoms with E-state index in [4.69, 9.17) is 16.3 Å². The predicted octanol–water partition coefficient (Wildman–Crippen LogP) is 3.21. The Balaban J connectivity index is 1.85. The third-order valence-electron chi connectivity index (χ3n) is 3.03. The van der Waals surface area contributed by atoms with Gasteiger partial charge in [-0.2, -0.15) is 0 Å². The highest BCUT2D eigenvalue weighted by Crippen LogP contribution is 2.44. The molecule has 3 rings (SSSR count). The number of rotatable bonds is 3. The smallest absolute Gasteiger partial charge is 0.208 e. The summed E-state index contributed by atoms with van der Waals surface area (Å²) in [5.74, 6) is 0. The summed E-state index contributed by atoms with van der Waals surface area (Å²) in [6, 6.07) is 15.4. The van der Waals surface area contributed by atoms with Gasteiger partial charge in [0, 0.05) is 5.02 Å². The van der Waals surface area contributed by atoms with Crippen LogP contribution in [0.25, 0.3) is 0 Å². The number of epoxide rings is 1. The van der Waals surface area contributed by atoms with Crippen LogP contribution in [0.15, 0.2) is 59.5 Å². The molecule has 1 aliphatic rings. The molecule has 0 bridgehead atoms. The Bertz CT molecular complexity index is 680. The molecule has 2 aromatic carbocycles. The first-order valence-electron chi connectivity index (χ1n) is 5.79. The lowest BCUT2D eigenvalue weighted by Crippen LogP contribution is -2.09. The molecule has 2 atom stereocenters. The second-order valence-electron chi connectivity index (χ2n) is 4.33. The zero-order chi connectivity index (χ0) is 13.5. The van der Waals surface area contributed by atoms with Crippen LogP contribution >= 0.6 is 11.6 Å². The average molecular weight is 295 g/mol. The summed E-state index contributed by atoms with van der Waals surface area (Å²) >= 11 is 5.80. The van der Waals surface area contributed by atoms with Crippen LogP contribution < -0.4 is 0 Å². The van der Waals surface area contributed by atoms with Gasteiger partial charge in [0.05, 0.1) is 4.90 Å². The molecule has 0 saturated carbocycles. The summed E-state index contributed by atoms with van der Waals surface area (Å²) in [5, 5.41) is 0.617. The second kappa shape index (κ2) is 4.63. The molecular weight excluding hydrogens is 284 g/mol. The van der Waals surface area contributed by atoms with Gasteiger partial charge >= 0.3 is 0 Å². The van der Waals surface area contributed by atoms with E-state index in [-0.39, 0.29) is 4.90 Å². The molecule has 0 aromatic heterocycles. The summed E-state index contributed by atoms with van der Waals surface area (Å²) in [7, 11) is -3.43. The Morgan fingerprint density at radius 1 is 0.947 bits per heavy atom. The lowest BCUT2D eigenvalue weighted by atomic mass is 10.2. The molecule has 0 aliphatic carbocycles. The largest absolute Gasteiger partial charge is 0.347 e. The fourth-order valence-electron chi connectivity index (χ4n) is 1.97. The van der Waals surface area contributed by atoms with E-state index >= 15 is 0 Å². The normalized spacial score (nSPS) is 22.2. The molecule has 0 N–H and O–H groups in total. The Hall–Kier alpha value is -1.36. The van der Waals surface area contributed by atoms with Crippen molar-refractivity contribution in [3.63, 3.8) is 0 Å². The van der Waals surface area contributed by atoms with Gasteiger partial charge in [-0.1, -0.05) is 41.9 Å². The van der Waals surface area contributed by atoms with E-state index in [1.54, 1.807) is 54.6 Å². The van der Waals surface area contributed by atoms with Crippen molar-refractivity contribution in [2.75, 3.05) is 0 Å². The maximum Gasteiger partial charge on any atom is 0.208 e. The first kappa shape index (κ1) is 12.7. The molecule has 98 valence electrons. The Labute approximate surface area is 116 Å². The van der Waals surface area contributed by atoms with Gasteiger partial charge in [-0.05, 0) is 29.8 Å². The monoisotopic (exact) mass is 294 g/mol. The van der Waals surface area contributed by atoms with Gasteiger partial charge < -0.3 is 4.74 Å². The number of ether oxygens (including phenoxy) is 1. The summed E-state index contributed by atoms with van der Waals surface area (Å²) in [6.45, 7) is 0. The van der Waals surface area contributed by atoms with Crippen molar-refractivity contribution in [3.8, 4) is 0 Å². The minimum Gasteiger partial charge on any atom is -0.347 e. The third-order valence-corrected chi connectivity index (χ3v) is 5.18. The molecule has 1 aliphatic heterocycles. The van der Waals surface area contributed by atoms with Crippen LogP contribution in [0.4, 0.5) is 0 Å². The predicted molar refractivity (Wildman–Crippen MR) is 72.7 cm³/mol. The van der Waals surface area contributed by atoms with E-state index in [1.807, 2.05) is 0 Å².